The van der Waals surface area contributed by atoms with E-state index < -0.39 is 4.92 Å². The largest absolute Gasteiger partial charge is 0.298 e. The molecule has 0 aliphatic carbocycles. The van der Waals surface area contributed by atoms with Crippen molar-refractivity contribution in [2.45, 2.75) is 4.90 Å². The van der Waals surface area contributed by atoms with Crippen molar-refractivity contribution in [2.75, 3.05) is 11.6 Å². The van der Waals surface area contributed by atoms with Crippen molar-refractivity contribution in [3.05, 3.63) is 69.6 Å². The number of hydrogen-bond acceptors (Lipinski definition) is 6. The van der Waals surface area contributed by atoms with Crippen LogP contribution in [0.4, 0.5) is 10.8 Å². The first-order valence-corrected chi connectivity index (χ1v) is 9.33. The Balaban J connectivity index is 1.81. The first-order valence-electron chi connectivity index (χ1n) is 7.23. The van der Waals surface area contributed by atoms with Gasteiger partial charge in [0.15, 0.2) is 5.13 Å². The number of thiazole rings is 1. The number of anilines is 1. The van der Waals surface area contributed by atoms with Crippen LogP contribution in [-0.2, 0) is 0 Å². The molecular formula is C17H13N3O3S2. The summed E-state index contributed by atoms with van der Waals surface area (Å²) in [5.74, 6) is -0.232. The molecule has 3 aromatic rings. The molecule has 0 spiro atoms. The molecule has 25 heavy (non-hydrogen) atoms. The summed E-state index contributed by atoms with van der Waals surface area (Å²) in [7, 11) is 0. The van der Waals surface area contributed by atoms with Crippen molar-refractivity contribution in [2.24, 2.45) is 0 Å². The minimum absolute atomic E-state index is 0.00461. The molecule has 0 unspecified atom stereocenters. The number of nitro groups is 1. The van der Waals surface area contributed by atoms with Crippen molar-refractivity contribution in [1.82, 2.24) is 4.98 Å². The third-order valence-corrected chi connectivity index (χ3v) is 4.98. The number of nitrogens with one attached hydrogen (secondary N) is 1. The van der Waals surface area contributed by atoms with Gasteiger partial charge < -0.3 is 0 Å². The molecule has 0 aliphatic heterocycles. The van der Waals surface area contributed by atoms with Crippen molar-refractivity contribution in [1.29, 1.82) is 0 Å². The van der Waals surface area contributed by atoms with E-state index in [4.69, 9.17) is 0 Å². The van der Waals surface area contributed by atoms with Crippen LogP contribution in [-0.4, -0.2) is 22.1 Å². The Labute approximate surface area is 152 Å². The van der Waals surface area contributed by atoms with Crippen molar-refractivity contribution < 1.29 is 9.72 Å². The quantitative estimate of drug-likeness (QED) is 0.399. The molecule has 0 saturated heterocycles. The van der Waals surface area contributed by atoms with E-state index in [0.29, 0.717) is 22.0 Å². The number of carbonyl (C=O) groups excluding carboxylic acids is 1. The van der Waals surface area contributed by atoms with Crippen LogP contribution in [0.5, 0.6) is 0 Å². The fraction of sp³-hybridized carbons (Fsp3) is 0.0588. The number of nitro benzene ring substituents is 1. The van der Waals surface area contributed by atoms with Crippen molar-refractivity contribution in [3.8, 4) is 11.3 Å². The Bertz CT molecular complexity index is 940. The van der Waals surface area contributed by atoms with Gasteiger partial charge in [-0.25, -0.2) is 4.98 Å². The van der Waals surface area contributed by atoms with Crippen molar-refractivity contribution >= 4 is 39.8 Å². The van der Waals surface area contributed by atoms with Crippen LogP contribution < -0.4 is 5.32 Å². The molecule has 1 heterocycles. The molecular weight excluding hydrogens is 358 g/mol. The lowest BCUT2D eigenvalue weighted by atomic mass is 10.1. The smallest absolute Gasteiger partial charge is 0.270 e. The Kier molecular flexibility index (Phi) is 5.11. The average Bonchev–Trinajstić information content (AvgIpc) is 3.10. The van der Waals surface area contributed by atoms with E-state index in [1.807, 2.05) is 24.5 Å². The predicted molar refractivity (Wildman–Crippen MR) is 100 cm³/mol. The van der Waals surface area contributed by atoms with Gasteiger partial charge in [-0.2, -0.15) is 0 Å². The third-order valence-electron chi connectivity index (χ3n) is 3.43. The van der Waals surface area contributed by atoms with Gasteiger partial charge in [0.05, 0.1) is 16.2 Å². The predicted octanol–water partition coefficient (Wildman–Crippen LogP) is 4.69. The highest BCUT2D eigenvalue weighted by molar-refractivity contribution is 7.98. The zero-order valence-corrected chi connectivity index (χ0v) is 14.8. The number of rotatable bonds is 5. The number of hydrogen-bond donors (Lipinski definition) is 1. The zero-order chi connectivity index (χ0) is 17.8. The van der Waals surface area contributed by atoms with Gasteiger partial charge in [0.1, 0.15) is 0 Å². The number of nitrogens with zero attached hydrogens (tertiary/aromatic N) is 2. The summed E-state index contributed by atoms with van der Waals surface area (Å²) < 4.78 is 0. The molecule has 3 rings (SSSR count). The average molecular weight is 371 g/mol. The number of amides is 1. The second kappa shape index (κ2) is 7.45. The molecule has 2 aromatic carbocycles. The topological polar surface area (TPSA) is 85.1 Å². The summed E-state index contributed by atoms with van der Waals surface area (Å²) in [5.41, 5.74) is 1.81. The number of benzene rings is 2. The lowest BCUT2D eigenvalue weighted by Gasteiger charge is -2.06. The van der Waals surface area contributed by atoms with Gasteiger partial charge in [0.2, 0.25) is 0 Å². The van der Waals surface area contributed by atoms with E-state index >= 15 is 0 Å². The number of thioether (sulfide) groups is 1. The molecule has 0 atom stereocenters. The maximum absolute atomic E-state index is 12.4. The summed E-state index contributed by atoms with van der Waals surface area (Å²) in [5, 5.41) is 15.9. The van der Waals surface area contributed by atoms with Crippen LogP contribution in [0, 0.1) is 10.1 Å². The fourth-order valence-corrected chi connectivity index (χ4v) is 3.55. The van der Waals surface area contributed by atoms with E-state index in [-0.39, 0.29) is 11.6 Å². The lowest BCUT2D eigenvalue weighted by molar-refractivity contribution is -0.384. The Morgan fingerprint density at radius 2 is 2.04 bits per heavy atom. The highest BCUT2D eigenvalue weighted by Crippen LogP contribution is 2.28. The molecule has 1 N–H and O–H groups in total. The molecule has 126 valence electrons. The van der Waals surface area contributed by atoms with Gasteiger partial charge in [-0.3, -0.25) is 20.2 Å². The zero-order valence-electron chi connectivity index (χ0n) is 13.1. The van der Waals surface area contributed by atoms with Gasteiger partial charge in [0, 0.05) is 28.0 Å². The molecule has 1 amide bonds. The first kappa shape index (κ1) is 17.1. The second-order valence-corrected chi connectivity index (χ2v) is 6.71. The summed E-state index contributed by atoms with van der Waals surface area (Å²) in [4.78, 5) is 28.1. The first-order chi connectivity index (χ1) is 12.1. The second-order valence-electron chi connectivity index (χ2n) is 5.00. The normalized spacial score (nSPS) is 10.4. The molecule has 8 heteroatoms. The SMILES string of the molecule is CSc1ccccc1C(=O)Nc1nc(-c2cccc([N+](=O)[O-])c2)cs1. The van der Waals surface area contributed by atoms with E-state index in [2.05, 4.69) is 10.3 Å². The molecule has 0 saturated carbocycles. The minimum Gasteiger partial charge on any atom is -0.298 e. The van der Waals surface area contributed by atoms with Crippen LogP contribution in [0.1, 0.15) is 10.4 Å². The maximum Gasteiger partial charge on any atom is 0.270 e. The highest BCUT2D eigenvalue weighted by Gasteiger charge is 2.14. The Hall–Kier alpha value is -2.71. The van der Waals surface area contributed by atoms with Crippen LogP contribution in [0.25, 0.3) is 11.3 Å². The summed E-state index contributed by atoms with van der Waals surface area (Å²) in [6.07, 6.45) is 1.91. The van der Waals surface area contributed by atoms with Crippen LogP contribution in [0.15, 0.2) is 58.8 Å². The van der Waals surface area contributed by atoms with Gasteiger partial charge in [-0.05, 0) is 18.4 Å². The standard InChI is InChI=1S/C17H13N3O3S2/c1-24-15-8-3-2-7-13(15)16(21)19-17-18-14(10-25-17)11-5-4-6-12(9-11)20(22)23/h2-10H,1H3,(H,18,19,21). The van der Waals surface area contributed by atoms with E-state index in [0.717, 1.165) is 4.90 Å². The summed E-state index contributed by atoms with van der Waals surface area (Å²) in [6, 6.07) is 13.6. The van der Waals surface area contributed by atoms with Gasteiger partial charge in [-0.1, -0.05) is 24.3 Å². The monoisotopic (exact) mass is 371 g/mol. The molecule has 0 radical (unpaired) electrons. The maximum atomic E-state index is 12.4. The molecule has 6 nitrogen and oxygen atoms in total. The van der Waals surface area contributed by atoms with Crippen LogP contribution >= 0.6 is 23.1 Å². The van der Waals surface area contributed by atoms with Crippen molar-refractivity contribution in [3.63, 3.8) is 0 Å². The molecule has 0 bridgehead atoms. The van der Waals surface area contributed by atoms with E-state index in [1.165, 1.54) is 35.2 Å². The van der Waals surface area contributed by atoms with Gasteiger partial charge in [0.25, 0.3) is 11.6 Å². The number of non-ortho nitro benzene ring substituents is 1. The van der Waals surface area contributed by atoms with Gasteiger partial charge in [-0.15, -0.1) is 23.1 Å². The highest BCUT2D eigenvalue weighted by atomic mass is 32.2. The van der Waals surface area contributed by atoms with Crippen LogP contribution in [0.2, 0.25) is 0 Å². The number of aromatic nitrogens is 1. The Morgan fingerprint density at radius 1 is 1.24 bits per heavy atom. The van der Waals surface area contributed by atoms with Gasteiger partial charge >= 0.3 is 0 Å². The molecule has 1 aromatic heterocycles. The summed E-state index contributed by atoms with van der Waals surface area (Å²) in [6.45, 7) is 0. The third kappa shape index (κ3) is 3.86. The Morgan fingerprint density at radius 3 is 2.80 bits per heavy atom. The molecule has 0 aliphatic rings. The minimum atomic E-state index is -0.447. The number of carbonyl (C=O) groups is 1. The van der Waals surface area contributed by atoms with E-state index in [9.17, 15) is 14.9 Å². The summed E-state index contributed by atoms with van der Waals surface area (Å²) >= 11 is 2.77. The lowest BCUT2D eigenvalue weighted by Crippen LogP contribution is -2.12. The van der Waals surface area contributed by atoms with E-state index in [1.54, 1.807) is 23.6 Å². The fourth-order valence-electron chi connectivity index (χ4n) is 2.24. The van der Waals surface area contributed by atoms with Crippen LogP contribution in [0.3, 0.4) is 0 Å². The molecule has 0 fully saturated rings.